The van der Waals surface area contributed by atoms with E-state index in [2.05, 4.69) is 13.2 Å². The van der Waals surface area contributed by atoms with E-state index < -0.39 is 35.7 Å². The highest BCUT2D eigenvalue weighted by atomic mass is 17.1. The summed E-state index contributed by atoms with van der Waals surface area (Å²) in [6, 6.07) is 0. The van der Waals surface area contributed by atoms with Gasteiger partial charge in [-0.3, -0.25) is 5.26 Å². The van der Waals surface area contributed by atoms with Gasteiger partial charge in [-0.2, -0.15) is 0 Å². The van der Waals surface area contributed by atoms with E-state index in [4.69, 9.17) is 14.4 Å². The molecule has 1 saturated heterocycles. The van der Waals surface area contributed by atoms with Gasteiger partial charge in [0.15, 0.2) is 0 Å². The molecule has 1 aliphatic heterocycles. The summed E-state index contributed by atoms with van der Waals surface area (Å²) in [7, 11) is 0. The standard InChI is InChI=1S/C20H24O6/c1-6-10(2)18(21)24-14-9-11(3)13-7-8-20(5,26-23)16(13)17-15(14)12(4)19(22)25-17/h6-8,13-17,23H,3-4,9H2,1-2,5H3. The van der Waals surface area contributed by atoms with Gasteiger partial charge in [0.2, 0.25) is 0 Å². The monoisotopic (exact) mass is 360 g/mol. The zero-order chi connectivity index (χ0) is 19.2. The lowest BCUT2D eigenvalue weighted by atomic mass is 9.76. The second-order valence-corrected chi connectivity index (χ2v) is 7.38. The number of rotatable bonds is 3. The van der Waals surface area contributed by atoms with E-state index in [1.165, 1.54) is 0 Å². The molecule has 1 saturated carbocycles. The van der Waals surface area contributed by atoms with E-state index in [1.807, 2.05) is 6.08 Å². The van der Waals surface area contributed by atoms with Crippen molar-refractivity contribution >= 4 is 11.9 Å². The highest BCUT2D eigenvalue weighted by Gasteiger charge is 2.59. The molecule has 6 unspecified atom stereocenters. The molecule has 26 heavy (non-hydrogen) atoms. The molecule has 0 radical (unpaired) electrons. The van der Waals surface area contributed by atoms with E-state index in [0.717, 1.165) is 5.57 Å². The van der Waals surface area contributed by atoms with Crippen molar-refractivity contribution in [1.29, 1.82) is 0 Å². The van der Waals surface area contributed by atoms with E-state index in [9.17, 15) is 14.8 Å². The van der Waals surface area contributed by atoms with Crippen LogP contribution in [0.2, 0.25) is 0 Å². The van der Waals surface area contributed by atoms with Gasteiger partial charge in [-0.25, -0.2) is 14.5 Å². The van der Waals surface area contributed by atoms with Crippen molar-refractivity contribution < 1.29 is 29.2 Å². The molecule has 0 amide bonds. The Morgan fingerprint density at radius 2 is 2.15 bits per heavy atom. The van der Waals surface area contributed by atoms with Crippen LogP contribution < -0.4 is 0 Å². The van der Waals surface area contributed by atoms with Crippen molar-refractivity contribution in [3.8, 4) is 0 Å². The summed E-state index contributed by atoms with van der Waals surface area (Å²) in [6.45, 7) is 13.2. The van der Waals surface area contributed by atoms with Gasteiger partial charge in [0, 0.05) is 29.4 Å². The normalized spacial score (nSPS) is 39.3. The third-order valence-corrected chi connectivity index (χ3v) is 5.84. The van der Waals surface area contributed by atoms with Crippen LogP contribution in [-0.4, -0.2) is 35.0 Å². The molecular weight excluding hydrogens is 336 g/mol. The summed E-state index contributed by atoms with van der Waals surface area (Å²) in [5, 5.41) is 9.47. The first kappa shape index (κ1) is 18.6. The van der Waals surface area contributed by atoms with Gasteiger partial charge in [0.1, 0.15) is 17.8 Å². The lowest BCUT2D eigenvalue weighted by Crippen LogP contribution is -2.45. The summed E-state index contributed by atoms with van der Waals surface area (Å²) < 4.78 is 11.3. The Balaban J connectivity index is 2.01. The Hall–Kier alpha value is -2.18. The summed E-state index contributed by atoms with van der Waals surface area (Å²) in [5.41, 5.74) is 0.559. The number of allylic oxidation sites excluding steroid dienone is 2. The molecule has 2 fully saturated rings. The lowest BCUT2D eigenvalue weighted by molar-refractivity contribution is -0.321. The maximum Gasteiger partial charge on any atom is 0.334 e. The van der Waals surface area contributed by atoms with Crippen molar-refractivity contribution in [2.24, 2.45) is 17.8 Å². The second kappa shape index (κ2) is 6.52. The Kier molecular flexibility index (Phi) is 4.67. The largest absolute Gasteiger partial charge is 0.458 e. The predicted octanol–water partition coefficient (Wildman–Crippen LogP) is 2.97. The van der Waals surface area contributed by atoms with Crippen LogP contribution in [0.25, 0.3) is 0 Å². The number of esters is 2. The molecule has 6 nitrogen and oxygen atoms in total. The molecule has 0 aromatic rings. The zero-order valence-corrected chi connectivity index (χ0v) is 15.2. The molecule has 140 valence electrons. The molecule has 0 aromatic carbocycles. The summed E-state index contributed by atoms with van der Waals surface area (Å²) in [4.78, 5) is 29.3. The Labute approximate surface area is 152 Å². The Morgan fingerprint density at radius 1 is 1.46 bits per heavy atom. The summed E-state index contributed by atoms with van der Waals surface area (Å²) in [6.07, 6.45) is 4.47. The van der Waals surface area contributed by atoms with E-state index in [1.54, 1.807) is 32.9 Å². The number of carbonyl (C=O) groups is 2. The second-order valence-electron chi connectivity index (χ2n) is 7.38. The number of hydrogen-bond acceptors (Lipinski definition) is 6. The molecule has 2 aliphatic carbocycles. The van der Waals surface area contributed by atoms with Crippen molar-refractivity contribution in [2.75, 3.05) is 0 Å². The van der Waals surface area contributed by atoms with Gasteiger partial charge in [-0.1, -0.05) is 37.0 Å². The van der Waals surface area contributed by atoms with Gasteiger partial charge in [-0.05, 0) is 20.8 Å². The van der Waals surface area contributed by atoms with Gasteiger partial charge in [0.05, 0.1) is 5.92 Å². The first-order chi connectivity index (χ1) is 12.2. The quantitative estimate of drug-likeness (QED) is 0.274. The minimum atomic E-state index is -1.03. The highest BCUT2D eigenvalue weighted by Crippen LogP contribution is 2.52. The molecule has 0 bridgehead atoms. The first-order valence-electron chi connectivity index (χ1n) is 8.66. The first-order valence-corrected chi connectivity index (χ1v) is 8.66. The lowest BCUT2D eigenvalue weighted by Gasteiger charge is -2.35. The number of hydrogen-bond donors (Lipinski definition) is 1. The van der Waals surface area contributed by atoms with Crippen molar-refractivity contribution in [2.45, 2.75) is 45.0 Å². The van der Waals surface area contributed by atoms with Crippen LogP contribution in [-0.2, 0) is 24.0 Å². The third kappa shape index (κ3) is 2.73. The maximum atomic E-state index is 12.3. The van der Waals surface area contributed by atoms with Crippen LogP contribution in [0, 0.1) is 17.8 Å². The fraction of sp³-hybridized carbons (Fsp3) is 0.500. The fourth-order valence-corrected chi connectivity index (χ4v) is 4.22. The summed E-state index contributed by atoms with van der Waals surface area (Å²) >= 11 is 0. The van der Waals surface area contributed by atoms with Gasteiger partial charge in [-0.15, -0.1) is 0 Å². The smallest absolute Gasteiger partial charge is 0.334 e. The summed E-state index contributed by atoms with van der Waals surface area (Å²) in [5.74, 6) is -2.01. The van der Waals surface area contributed by atoms with Crippen molar-refractivity contribution in [1.82, 2.24) is 0 Å². The predicted molar refractivity (Wildman–Crippen MR) is 93.8 cm³/mol. The number of carbonyl (C=O) groups excluding carboxylic acids is 2. The molecule has 0 spiro atoms. The van der Waals surface area contributed by atoms with Gasteiger partial charge in [0.25, 0.3) is 0 Å². The number of fused-ring (bicyclic) bond motifs is 3. The number of ether oxygens (including phenoxy) is 2. The molecule has 6 atom stereocenters. The molecule has 3 rings (SSSR count). The molecule has 0 aromatic heterocycles. The Morgan fingerprint density at radius 3 is 2.77 bits per heavy atom. The van der Waals surface area contributed by atoms with Gasteiger partial charge < -0.3 is 9.47 Å². The maximum absolute atomic E-state index is 12.3. The topological polar surface area (TPSA) is 82.1 Å². The minimum Gasteiger partial charge on any atom is -0.458 e. The molecule has 1 N–H and O–H groups in total. The Bertz CT molecular complexity index is 733. The molecule has 1 heterocycles. The van der Waals surface area contributed by atoms with Crippen LogP contribution >= 0.6 is 0 Å². The average molecular weight is 360 g/mol. The van der Waals surface area contributed by atoms with Crippen molar-refractivity contribution in [3.05, 3.63) is 48.1 Å². The SMILES string of the molecule is C=C1CC(OC(=O)C(C)=CC)C2C(=C)C(=O)OC2C2C1C=CC2(C)OO. The highest BCUT2D eigenvalue weighted by molar-refractivity contribution is 5.91. The van der Waals surface area contributed by atoms with E-state index >= 15 is 0 Å². The van der Waals surface area contributed by atoms with Crippen LogP contribution in [0.3, 0.4) is 0 Å². The van der Waals surface area contributed by atoms with Gasteiger partial charge >= 0.3 is 11.9 Å². The molecule has 6 heteroatoms. The van der Waals surface area contributed by atoms with E-state index in [-0.39, 0.29) is 17.4 Å². The van der Waals surface area contributed by atoms with Crippen LogP contribution in [0.5, 0.6) is 0 Å². The third-order valence-electron chi connectivity index (χ3n) is 5.84. The van der Waals surface area contributed by atoms with Crippen molar-refractivity contribution in [3.63, 3.8) is 0 Å². The van der Waals surface area contributed by atoms with Crippen LogP contribution in [0.1, 0.15) is 27.2 Å². The fourth-order valence-electron chi connectivity index (χ4n) is 4.22. The van der Waals surface area contributed by atoms with E-state index in [0.29, 0.717) is 12.0 Å². The van der Waals surface area contributed by atoms with Crippen LogP contribution in [0.4, 0.5) is 0 Å². The zero-order valence-electron chi connectivity index (χ0n) is 15.2. The minimum absolute atomic E-state index is 0.162. The molecule has 3 aliphatic rings. The van der Waals surface area contributed by atoms with Crippen LogP contribution in [0.15, 0.2) is 48.1 Å². The molecular formula is C20H24O6. The average Bonchev–Trinajstić information content (AvgIpc) is 3.07.